The molecule has 1 unspecified atom stereocenters. The second-order valence-electron chi connectivity index (χ2n) is 12.0. The van der Waals surface area contributed by atoms with Crippen molar-refractivity contribution in [2.45, 2.75) is 103 Å². The maximum absolute atomic E-state index is 14.7. The first-order valence-corrected chi connectivity index (χ1v) is 16.6. The summed E-state index contributed by atoms with van der Waals surface area (Å²) in [6.45, 7) is 3.98. The van der Waals surface area contributed by atoms with Gasteiger partial charge in [-0.25, -0.2) is 18.1 Å². The molecule has 3 aliphatic rings. The number of sulfone groups is 1. The first-order valence-electron chi connectivity index (χ1n) is 14.8. The van der Waals surface area contributed by atoms with Crippen LogP contribution in [0.1, 0.15) is 98.3 Å². The average Bonchev–Trinajstić information content (AvgIpc) is 3.48. The molecule has 1 atom stereocenters. The summed E-state index contributed by atoms with van der Waals surface area (Å²) in [5.41, 5.74) is 4.88. The van der Waals surface area contributed by atoms with Gasteiger partial charge in [-0.2, -0.15) is 5.10 Å². The third-order valence-electron chi connectivity index (χ3n) is 9.14. The van der Waals surface area contributed by atoms with E-state index in [0.717, 1.165) is 53.6 Å². The van der Waals surface area contributed by atoms with E-state index in [1.165, 1.54) is 38.5 Å². The van der Waals surface area contributed by atoms with Gasteiger partial charge in [0.15, 0.2) is 15.5 Å². The summed E-state index contributed by atoms with van der Waals surface area (Å²) in [6.07, 6.45) is 12.0. The summed E-state index contributed by atoms with van der Waals surface area (Å²) in [6, 6.07) is 10.5. The minimum absolute atomic E-state index is 0.0687. The number of aryl methyl sites for hydroxylation is 2. The molecule has 0 N–H and O–H groups in total. The molecule has 0 radical (unpaired) electrons. The number of nitrogens with zero attached hydrogens (tertiary/aromatic N) is 4. The zero-order chi connectivity index (χ0) is 27.1. The van der Waals surface area contributed by atoms with E-state index in [0.29, 0.717) is 17.6 Å². The first kappa shape index (κ1) is 26.5. The molecule has 1 saturated heterocycles. The second-order valence-corrected chi connectivity index (χ2v) is 14.2. The minimum Gasteiger partial charge on any atom is -0.333 e. The number of hydrogen-bond donors (Lipinski definition) is 0. The minimum atomic E-state index is -3.10. The molecule has 3 aromatic rings. The lowest BCUT2D eigenvalue weighted by Gasteiger charge is -2.42. The highest BCUT2D eigenvalue weighted by atomic mass is 32.2. The summed E-state index contributed by atoms with van der Waals surface area (Å²) >= 11 is 0. The van der Waals surface area contributed by atoms with Crippen molar-refractivity contribution in [2.24, 2.45) is 0 Å². The van der Waals surface area contributed by atoms with Gasteiger partial charge in [0.05, 0.1) is 39.9 Å². The Morgan fingerprint density at radius 2 is 1.51 bits per heavy atom. The monoisotopic (exact) mass is 548 g/mol. The van der Waals surface area contributed by atoms with Crippen LogP contribution >= 0.6 is 0 Å². The van der Waals surface area contributed by atoms with Crippen LogP contribution < -0.4 is 0 Å². The molecule has 7 nitrogen and oxygen atoms in total. The van der Waals surface area contributed by atoms with Gasteiger partial charge in [-0.3, -0.25) is 4.79 Å². The summed E-state index contributed by atoms with van der Waals surface area (Å²) < 4.78 is 26.5. The zero-order valence-electron chi connectivity index (χ0n) is 23.2. The molecule has 2 aromatic heterocycles. The van der Waals surface area contributed by atoms with Crippen molar-refractivity contribution in [1.82, 2.24) is 19.7 Å². The van der Waals surface area contributed by atoms with Crippen LogP contribution in [0.15, 0.2) is 30.3 Å². The lowest BCUT2D eigenvalue weighted by atomic mass is 9.87. The topological polar surface area (TPSA) is 85.2 Å². The Kier molecular flexibility index (Phi) is 7.25. The van der Waals surface area contributed by atoms with Crippen molar-refractivity contribution in [1.29, 1.82) is 0 Å². The zero-order valence-corrected chi connectivity index (χ0v) is 24.0. The summed E-state index contributed by atoms with van der Waals surface area (Å²) in [5.74, 6) is 0.328. The van der Waals surface area contributed by atoms with Crippen LogP contribution in [0, 0.1) is 13.8 Å². The molecule has 0 bridgehead atoms. The van der Waals surface area contributed by atoms with Gasteiger partial charge in [-0.05, 0) is 52.0 Å². The smallest absolute Gasteiger partial charge is 0.255 e. The number of fused-ring (bicyclic) bond motifs is 1. The molecule has 208 valence electrons. The van der Waals surface area contributed by atoms with Crippen LogP contribution in [0.2, 0.25) is 0 Å². The van der Waals surface area contributed by atoms with E-state index in [1.807, 2.05) is 25.1 Å². The lowest BCUT2D eigenvalue weighted by molar-refractivity contribution is 0.0450. The van der Waals surface area contributed by atoms with Gasteiger partial charge in [0.25, 0.3) is 5.91 Å². The van der Waals surface area contributed by atoms with Crippen LogP contribution in [0.4, 0.5) is 0 Å². The van der Waals surface area contributed by atoms with Crippen molar-refractivity contribution in [3.63, 3.8) is 0 Å². The van der Waals surface area contributed by atoms with Gasteiger partial charge in [0, 0.05) is 17.6 Å². The molecule has 1 amide bonds. The van der Waals surface area contributed by atoms with E-state index in [-0.39, 0.29) is 35.5 Å². The third kappa shape index (κ3) is 5.24. The summed E-state index contributed by atoms with van der Waals surface area (Å²) in [4.78, 5) is 22.0. The summed E-state index contributed by atoms with van der Waals surface area (Å²) in [7, 11) is -3.10. The van der Waals surface area contributed by atoms with Crippen LogP contribution in [-0.2, 0) is 9.84 Å². The van der Waals surface area contributed by atoms with Crippen LogP contribution in [0.5, 0.6) is 0 Å². The largest absolute Gasteiger partial charge is 0.333 e. The fraction of sp³-hybridized carbons (Fsp3) is 0.581. The Balaban J connectivity index is 1.52. The quantitative estimate of drug-likeness (QED) is 0.380. The summed E-state index contributed by atoms with van der Waals surface area (Å²) in [5, 5.41) is 5.61. The van der Waals surface area contributed by atoms with Gasteiger partial charge in [0.2, 0.25) is 0 Å². The maximum Gasteiger partial charge on any atom is 0.255 e. The number of carbonyl (C=O) groups excluding carboxylic acids is 1. The van der Waals surface area contributed by atoms with Crippen LogP contribution in [0.25, 0.3) is 22.3 Å². The molecule has 3 heterocycles. The average molecular weight is 549 g/mol. The maximum atomic E-state index is 14.7. The van der Waals surface area contributed by atoms with Gasteiger partial charge < -0.3 is 4.90 Å². The van der Waals surface area contributed by atoms with Crippen LogP contribution in [-0.4, -0.2) is 57.6 Å². The molecule has 3 fully saturated rings. The first-order chi connectivity index (χ1) is 18.8. The lowest BCUT2D eigenvalue weighted by Crippen LogP contribution is -2.48. The molecule has 0 spiro atoms. The fourth-order valence-electron chi connectivity index (χ4n) is 7.06. The normalized spacial score (nSPS) is 22.4. The van der Waals surface area contributed by atoms with E-state index in [2.05, 4.69) is 24.0 Å². The SMILES string of the molecule is Cc1ccc(-c2cc(C(=O)N(C3CCCCC3)C3CCCCC3)c3c(C)nn(C4CCS(=O)(=O)C4)c3n2)cc1. The van der Waals surface area contributed by atoms with Gasteiger partial charge >= 0.3 is 0 Å². The van der Waals surface area contributed by atoms with Crippen molar-refractivity contribution < 1.29 is 13.2 Å². The molecule has 2 aliphatic carbocycles. The Hall–Kier alpha value is -2.74. The molecule has 1 aliphatic heterocycles. The van der Waals surface area contributed by atoms with Gasteiger partial charge in [-0.15, -0.1) is 0 Å². The number of carbonyl (C=O) groups is 1. The highest BCUT2D eigenvalue weighted by Gasteiger charge is 2.36. The molecular formula is C31H40N4O3S. The van der Waals surface area contributed by atoms with E-state index in [9.17, 15) is 13.2 Å². The molecular weight excluding hydrogens is 508 g/mol. The number of rotatable bonds is 5. The second kappa shape index (κ2) is 10.7. The van der Waals surface area contributed by atoms with Crippen molar-refractivity contribution >= 4 is 26.8 Å². The Labute approximate surface area is 231 Å². The van der Waals surface area contributed by atoms with Crippen LogP contribution in [0.3, 0.4) is 0 Å². The van der Waals surface area contributed by atoms with Gasteiger partial charge in [-0.1, -0.05) is 68.4 Å². The van der Waals surface area contributed by atoms with E-state index in [4.69, 9.17) is 10.1 Å². The Morgan fingerprint density at radius 1 is 0.897 bits per heavy atom. The highest BCUT2D eigenvalue weighted by Crippen LogP contribution is 2.36. The molecule has 1 aromatic carbocycles. The molecule has 2 saturated carbocycles. The predicted octanol–water partition coefficient (Wildman–Crippen LogP) is 6.18. The number of pyridine rings is 1. The van der Waals surface area contributed by atoms with E-state index < -0.39 is 9.84 Å². The fourth-order valence-corrected chi connectivity index (χ4v) is 8.76. The number of amides is 1. The third-order valence-corrected chi connectivity index (χ3v) is 10.9. The molecule has 8 heteroatoms. The number of hydrogen-bond acceptors (Lipinski definition) is 5. The predicted molar refractivity (Wildman–Crippen MR) is 155 cm³/mol. The van der Waals surface area contributed by atoms with Crippen molar-refractivity contribution in [2.75, 3.05) is 11.5 Å². The van der Waals surface area contributed by atoms with E-state index in [1.54, 1.807) is 4.68 Å². The van der Waals surface area contributed by atoms with E-state index >= 15 is 0 Å². The Bertz CT molecular complexity index is 1450. The van der Waals surface area contributed by atoms with Crippen molar-refractivity contribution in [3.8, 4) is 11.3 Å². The highest BCUT2D eigenvalue weighted by molar-refractivity contribution is 7.91. The number of benzene rings is 1. The Morgan fingerprint density at radius 3 is 2.08 bits per heavy atom. The standard InChI is InChI=1S/C31H40N4O3S/c1-21-13-15-23(16-14-21)28-19-27(29-22(2)33-35(30(29)32-28)26-17-18-39(37,38)20-26)31(36)34(24-9-5-3-6-10-24)25-11-7-4-8-12-25/h13-16,19,24-26H,3-12,17-18,20H2,1-2H3. The van der Waals surface area contributed by atoms with Gasteiger partial charge in [0.1, 0.15) is 0 Å². The van der Waals surface area contributed by atoms with Crippen molar-refractivity contribution in [3.05, 3.63) is 47.2 Å². The number of aromatic nitrogens is 3. The molecule has 6 rings (SSSR count). The molecule has 39 heavy (non-hydrogen) atoms.